The van der Waals surface area contributed by atoms with E-state index < -0.39 is 11.9 Å². The highest BCUT2D eigenvalue weighted by Crippen LogP contribution is 2.32. The number of carbonyl (C=O) groups excluding carboxylic acids is 2. The van der Waals surface area contributed by atoms with Crippen LogP contribution >= 0.6 is 11.3 Å². The summed E-state index contributed by atoms with van der Waals surface area (Å²) in [6.45, 7) is 4.02. The van der Waals surface area contributed by atoms with Gasteiger partial charge in [0.1, 0.15) is 10.8 Å². The number of nitrogens with two attached hydrogens (primary N) is 1. The first-order valence-corrected chi connectivity index (χ1v) is 7.88. The molecule has 23 heavy (non-hydrogen) atoms. The van der Waals surface area contributed by atoms with Gasteiger partial charge in [0, 0.05) is 16.6 Å². The van der Waals surface area contributed by atoms with Gasteiger partial charge in [-0.15, -0.1) is 11.3 Å². The minimum absolute atomic E-state index is 0.245. The Morgan fingerprint density at radius 3 is 2.57 bits per heavy atom. The number of anilines is 2. The minimum atomic E-state index is -0.565. The molecule has 7 heteroatoms. The average Bonchev–Trinajstić information content (AvgIpc) is 2.91. The average molecular weight is 333 g/mol. The van der Waals surface area contributed by atoms with Crippen molar-refractivity contribution in [1.82, 2.24) is 0 Å². The molecule has 1 heterocycles. The van der Waals surface area contributed by atoms with Crippen LogP contribution in [0.1, 0.15) is 35.0 Å². The van der Waals surface area contributed by atoms with E-state index in [2.05, 4.69) is 10.6 Å². The molecule has 2 rings (SSSR count). The Kier molecular flexibility index (Phi) is 5.23. The Morgan fingerprint density at radius 2 is 1.96 bits per heavy atom. The Morgan fingerprint density at radius 1 is 1.22 bits per heavy atom. The molecule has 6 nitrogen and oxygen atoms in total. The third-order valence-corrected chi connectivity index (χ3v) is 4.49. The van der Waals surface area contributed by atoms with Crippen LogP contribution in [0.3, 0.4) is 0 Å². The third-order valence-electron chi connectivity index (χ3n) is 3.14. The van der Waals surface area contributed by atoms with Gasteiger partial charge < -0.3 is 15.8 Å². The number of urea groups is 1. The number of hydrogen-bond donors (Lipinski definition) is 3. The van der Waals surface area contributed by atoms with E-state index >= 15 is 0 Å². The number of methoxy groups -OCH3 is 1. The van der Waals surface area contributed by atoms with Gasteiger partial charge in [0.2, 0.25) is 0 Å². The van der Waals surface area contributed by atoms with E-state index in [0.29, 0.717) is 22.0 Å². The minimum Gasteiger partial charge on any atom is -0.497 e. The van der Waals surface area contributed by atoms with Crippen LogP contribution in [0.2, 0.25) is 0 Å². The van der Waals surface area contributed by atoms with Crippen molar-refractivity contribution in [1.29, 1.82) is 0 Å². The van der Waals surface area contributed by atoms with Crippen molar-refractivity contribution in [3.63, 3.8) is 0 Å². The van der Waals surface area contributed by atoms with E-state index in [0.717, 1.165) is 4.88 Å². The molecule has 0 aliphatic rings. The molecule has 3 amide bonds. The lowest BCUT2D eigenvalue weighted by Gasteiger charge is -2.08. The van der Waals surface area contributed by atoms with Crippen molar-refractivity contribution in [2.24, 2.45) is 5.73 Å². The van der Waals surface area contributed by atoms with E-state index in [9.17, 15) is 9.59 Å². The molecule has 0 atom stereocenters. The topological polar surface area (TPSA) is 93.4 Å². The van der Waals surface area contributed by atoms with E-state index in [1.807, 2.05) is 13.8 Å². The number of hydrogen-bond acceptors (Lipinski definition) is 4. The summed E-state index contributed by atoms with van der Waals surface area (Å²) < 4.78 is 5.10. The highest BCUT2D eigenvalue weighted by atomic mass is 32.1. The molecule has 1 aromatic carbocycles. The molecule has 122 valence electrons. The maximum atomic E-state index is 12.1. The summed E-state index contributed by atoms with van der Waals surface area (Å²) in [6.07, 6.45) is 0. The maximum Gasteiger partial charge on any atom is 0.324 e. The lowest BCUT2D eigenvalue weighted by atomic mass is 10.1. The molecular formula is C16H19N3O3S. The molecule has 0 saturated heterocycles. The standard InChI is InChI=1S/C16H19N3O3S/c1-9(2)13-8-12(14(17)20)15(23-13)19-16(21)18-10-5-4-6-11(7-10)22-3/h4-9H,1-3H3,(H2,17,20)(H2,18,19,21). The maximum absolute atomic E-state index is 12.1. The van der Waals surface area contributed by atoms with E-state index in [1.165, 1.54) is 11.3 Å². The molecule has 2 aromatic rings. The predicted molar refractivity (Wildman–Crippen MR) is 92.6 cm³/mol. The number of thiophene rings is 1. The highest BCUT2D eigenvalue weighted by molar-refractivity contribution is 7.16. The molecule has 0 bridgehead atoms. The highest BCUT2D eigenvalue weighted by Gasteiger charge is 2.17. The van der Waals surface area contributed by atoms with Crippen LogP contribution in [-0.4, -0.2) is 19.0 Å². The van der Waals surface area contributed by atoms with Gasteiger partial charge >= 0.3 is 6.03 Å². The van der Waals surface area contributed by atoms with Gasteiger partial charge in [-0.3, -0.25) is 10.1 Å². The Bertz CT molecular complexity index is 725. The summed E-state index contributed by atoms with van der Waals surface area (Å²) in [5.74, 6) is 0.318. The number of ether oxygens (including phenoxy) is 1. The smallest absolute Gasteiger partial charge is 0.324 e. The van der Waals surface area contributed by atoms with Gasteiger partial charge in [0.05, 0.1) is 12.7 Å². The van der Waals surface area contributed by atoms with Crippen molar-refractivity contribution >= 4 is 34.0 Å². The van der Waals surface area contributed by atoms with E-state index in [1.54, 1.807) is 37.4 Å². The van der Waals surface area contributed by atoms with Gasteiger partial charge in [0.15, 0.2) is 0 Å². The van der Waals surface area contributed by atoms with Crippen LogP contribution in [0, 0.1) is 0 Å². The largest absolute Gasteiger partial charge is 0.497 e. The Balaban J connectivity index is 2.14. The summed E-state index contributed by atoms with van der Waals surface area (Å²) in [5.41, 5.74) is 6.28. The molecule has 0 radical (unpaired) electrons. The Hall–Kier alpha value is -2.54. The van der Waals surface area contributed by atoms with Gasteiger partial charge in [-0.05, 0) is 24.1 Å². The summed E-state index contributed by atoms with van der Waals surface area (Å²) in [7, 11) is 1.55. The molecule has 0 aliphatic heterocycles. The zero-order valence-electron chi connectivity index (χ0n) is 13.2. The number of carbonyl (C=O) groups is 2. The fourth-order valence-electron chi connectivity index (χ4n) is 1.94. The fraction of sp³-hybridized carbons (Fsp3) is 0.250. The van der Waals surface area contributed by atoms with Crippen molar-refractivity contribution in [2.75, 3.05) is 17.7 Å². The van der Waals surface area contributed by atoms with E-state index in [-0.39, 0.29) is 5.92 Å². The molecule has 4 N–H and O–H groups in total. The summed E-state index contributed by atoms with van der Waals surface area (Å²) >= 11 is 1.35. The lowest BCUT2D eigenvalue weighted by molar-refractivity contribution is 0.100. The Labute approximate surface area is 138 Å². The number of amides is 3. The zero-order chi connectivity index (χ0) is 17.0. The number of rotatable bonds is 5. The molecule has 0 spiro atoms. The van der Waals surface area contributed by atoms with Gasteiger partial charge in [-0.1, -0.05) is 19.9 Å². The van der Waals surface area contributed by atoms with Crippen LogP contribution in [0.25, 0.3) is 0 Å². The second-order valence-electron chi connectivity index (χ2n) is 5.22. The summed E-state index contributed by atoms with van der Waals surface area (Å²) in [4.78, 5) is 24.6. The number of nitrogens with one attached hydrogen (secondary N) is 2. The number of benzene rings is 1. The second-order valence-corrected chi connectivity index (χ2v) is 6.31. The van der Waals surface area contributed by atoms with Crippen LogP contribution in [0.4, 0.5) is 15.5 Å². The van der Waals surface area contributed by atoms with Crippen molar-refractivity contribution in [3.8, 4) is 5.75 Å². The van der Waals surface area contributed by atoms with Crippen LogP contribution in [0.5, 0.6) is 5.75 Å². The molecule has 0 aliphatic carbocycles. The molecule has 0 saturated carbocycles. The van der Waals surface area contributed by atoms with Crippen LogP contribution in [-0.2, 0) is 0 Å². The third kappa shape index (κ3) is 4.23. The van der Waals surface area contributed by atoms with E-state index in [4.69, 9.17) is 10.5 Å². The molecule has 0 fully saturated rings. The first kappa shape index (κ1) is 16.8. The first-order chi connectivity index (χ1) is 10.9. The summed E-state index contributed by atoms with van der Waals surface area (Å²) in [6, 6.07) is 8.26. The van der Waals surface area contributed by atoms with Gasteiger partial charge in [0.25, 0.3) is 5.91 Å². The fourth-order valence-corrected chi connectivity index (χ4v) is 3.00. The van der Waals surface area contributed by atoms with Crippen molar-refractivity contribution < 1.29 is 14.3 Å². The van der Waals surface area contributed by atoms with Crippen LogP contribution in [0.15, 0.2) is 30.3 Å². The van der Waals surface area contributed by atoms with Gasteiger partial charge in [-0.2, -0.15) is 0 Å². The van der Waals surface area contributed by atoms with Gasteiger partial charge in [-0.25, -0.2) is 4.79 Å². The number of primary amides is 1. The molecular weight excluding hydrogens is 314 g/mol. The van der Waals surface area contributed by atoms with Crippen LogP contribution < -0.4 is 21.1 Å². The predicted octanol–water partition coefficient (Wildman–Crippen LogP) is 3.62. The monoisotopic (exact) mass is 333 g/mol. The zero-order valence-corrected chi connectivity index (χ0v) is 14.0. The first-order valence-electron chi connectivity index (χ1n) is 7.06. The van der Waals surface area contributed by atoms with Crippen molar-refractivity contribution in [2.45, 2.75) is 19.8 Å². The second kappa shape index (κ2) is 7.15. The summed E-state index contributed by atoms with van der Waals surface area (Å²) in [5, 5.41) is 5.82. The lowest BCUT2D eigenvalue weighted by Crippen LogP contribution is -2.21. The molecule has 0 unspecified atom stereocenters. The SMILES string of the molecule is COc1cccc(NC(=O)Nc2sc(C(C)C)cc2C(N)=O)c1. The molecule has 1 aromatic heterocycles. The normalized spacial score (nSPS) is 10.4. The quantitative estimate of drug-likeness (QED) is 0.780. The van der Waals surface area contributed by atoms with Crippen molar-refractivity contribution in [3.05, 3.63) is 40.8 Å².